The van der Waals surface area contributed by atoms with Crippen molar-refractivity contribution < 1.29 is 27.8 Å². The van der Waals surface area contributed by atoms with Gasteiger partial charge in [0.2, 0.25) is 0 Å². The van der Waals surface area contributed by atoms with Crippen molar-refractivity contribution >= 4 is 5.97 Å². The number of rotatable bonds is 4. The molecule has 1 aliphatic rings. The van der Waals surface area contributed by atoms with Crippen LogP contribution in [0.1, 0.15) is 25.8 Å². The average molecular weight is 337 g/mol. The lowest BCUT2D eigenvalue weighted by Crippen LogP contribution is -2.45. The maximum absolute atomic E-state index is 10.6. The first-order valence-electron chi connectivity index (χ1n) is 7.34. The van der Waals surface area contributed by atoms with E-state index in [1.54, 1.807) is 0 Å². The standard InChI is InChI=1S/C12H21N3O.C2HF3O2/c1-10-8-15(9-11(2)16-10)5-3-4-12-6-13-14-7-12;3-2(4,5)1(6)7/h6-7,10-11H,3-5,8-9H2,1-2H3,(H,13,14);(H,6,7)/t10-,11+;. The Morgan fingerprint density at radius 1 is 1.43 bits per heavy atom. The Morgan fingerprint density at radius 3 is 2.43 bits per heavy atom. The number of morpholine rings is 1. The highest BCUT2D eigenvalue weighted by Crippen LogP contribution is 2.13. The molecule has 132 valence electrons. The van der Waals surface area contributed by atoms with E-state index in [4.69, 9.17) is 14.6 Å². The van der Waals surface area contributed by atoms with Crippen LogP contribution in [0.5, 0.6) is 0 Å². The quantitative estimate of drug-likeness (QED) is 0.879. The Labute approximate surface area is 132 Å². The van der Waals surface area contributed by atoms with Crippen molar-refractivity contribution in [2.75, 3.05) is 19.6 Å². The number of aliphatic carboxylic acids is 1. The first kappa shape index (κ1) is 19.4. The van der Waals surface area contributed by atoms with Gasteiger partial charge in [-0.15, -0.1) is 0 Å². The number of halogens is 3. The fourth-order valence-electron chi connectivity index (χ4n) is 2.39. The zero-order valence-electron chi connectivity index (χ0n) is 13.1. The predicted octanol–water partition coefficient (Wildman–Crippen LogP) is 2.08. The van der Waals surface area contributed by atoms with Crippen LogP contribution in [0.2, 0.25) is 0 Å². The number of hydrogen-bond acceptors (Lipinski definition) is 4. The highest BCUT2D eigenvalue weighted by molar-refractivity contribution is 5.73. The summed E-state index contributed by atoms with van der Waals surface area (Å²) in [6.45, 7) is 7.59. The van der Waals surface area contributed by atoms with Crippen molar-refractivity contribution in [3.05, 3.63) is 18.0 Å². The van der Waals surface area contributed by atoms with E-state index in [2.05, 4.69) is 28.9 Å². The smallest absolute Gasteiger partial charge is 0.475 e. The van der Waals surface area contributed by atoms with Crippen LogP contribution >= 0.6 is 0 Å². The molecule has 1 saturated heterocycles. The van der Waals surface area contributed by atoms with E-state index in [1.165, 1.54) is 12.0 Å². The van der Waals surface area contributed by atoms with Gasteiger partial charge in [-0.1, -0.05) is 0 Å². The molecule has 2 heterocycles. The molecule has 0 radical (unpaired) electrons. The summed E-state index contributed by atoms with van der Waals surface area (Å²) in [6, 6.07) is 0. The molecule has 23 heavy (non-hydrogen) atoms. The zero-order valence-corrected chi connectivity index (χ0v) is 13.1. The van der Waals surface area contributed by atoms with Gasteiger partial charge in [-0.05, 0) is 38.8 Å². The van der Waals surface area contributed by atoms with Crippen molar-refractivity contribution in [2.24, 2.45) is 0 Å². The lowest BCUT2D eigenvalue weighted by Gasteiger charge is -2.35. The van der Waals surface area contributed by atoms with E-state index >= 15 is 0 Å². The molecule has 0 saturated carbocycles. The minimum Gasteiger partial charge on any atom is -0.475 e. The van der Waals surface area contributed by atoms with Gasteiger partial charge in [0, 0.05) is 19.3 Å². The van der Waals surface area contributed by atoms with Crippen LogP contribution in [-0.2, 0) is 16.0 Å². The van der Waals surface area contributed by atoms with Gasteiger partial charge in [-0.3, -0.25) is 10.00 Å². The van der Waals surface area contributed by atoms with Crippen molar-refractivity contribution in [1.82, 2.24) is 15.1 Å². The molecule has 0 bridgehead atoms. The minimum atomic E-state index is -5.08. The van der Waals surface area contributed by atoms with Gasteiger partial charge in [0.1, 0.15) is 0 Å². The zero-order chi connectivity index (χ0) is 17.5. The molecule has 0 aliphatic carbocycles. The summed E-state index contributed by atoms with van der Waals surface area (Å²) < 4.78 is 37.4. The number of aryl methyl sites for hydroxylation is 1. The number of nitrogens with one attached hydrogen (secondary N) is 1. The summed E-state index contributed by atoms with van der Waals surface area (Å²) >= 11 is 0. The van der Waals surface area contributed by atoms with Crippen molar-refractivity contribution in [2.45, 2.75) is 45.1 Å². The number of carboxylic acid groups (broad SMARTS) is 1. The summed E-state index contributed by atoms with van der Waals surface area (Å²) in [5.74, 6) is -2.76. The Kier molecular flexibility index (Phi) is 7.50. The first-order valence-corrected chi connectivity index (χ1v) is 7.34. The highest BCUT2D eigenvalue weighted by Gasteiger charge is 2.38. The minimum absolute atomic E-state index is 0.373. The summed E-state index contributed by atoms with van der Waals surface area (Å²) in [5.41, 5.74) is 1.30. The van der Waals surface area contributed by atoms with Crippen LogP contribution in [0.4, 0.5) is 13.2 Å². The Hall–Kier alpha value is -1.61. The van der Waals surface area contributed by atoms with Gasteiger partial charge in [0.25, 0.3) is 0 Å². The van der Waals surface area contributed by atoms with E-state index in [1.807, 2.05) is 12.4 Å². The lowest BCUT2D eigenvalue weighted by atomic mass is 10.1. The maximum atomic E-state index is 10.6. The lowest BCUT2D eigenvalue weighted by molar-refractivity contribution is -0.192. The summed E-state index contributed by atoms with van der Waals surface area (Å²) in [7, 11) is 0. The van der Waals surface area contributed by atoms with E-state index < -0.39 is 12.1 Å². The first-order chi connectivity index (χ1) is 10.7. The normalized spacial score (nSPS) is 22.3. The largest absolute Gasteiger partial charge is 0.490 e. The second kappa shape index (κ2) is 8.88. The number of carboxylic acids is 1. The molecule has 1 aromatic rings. The molecule has 0 unspecified atom stereocenters. The molecule has 0 amide bonds. The van der Waals surface area contributed by atoms with Crippen LogP contribution < -0.4 is 0 Å². The number of nitrogens with zero attached hydrogens (tertiary/aromatic N) is 2. The molecule has 1 fully saturated rings. The van der Waals surface area contributed by atoms with Gasteiger partial charge in [0.15, 0.2) is 0 Å². The van der Waals surface area contributed by atoms with Gasteiger partial charge in [-0.2, -0.15) is 18.3 Å². The van der Waals surface area contributed by atoms with Gasteiger partial charge in [-0.25, -0.2) is 4.79 Å². The summed E-state index contributed by atoms with van der Waals surface area (Å²) in [4.78, 5) is 11.4. The average Bonchev–Trinajstić information content (AvgIpc) is 2.90. The number of ether oxygens (including phenoxy) is 1. The van der Waals surface area contributed by atoms with Crippen molar-refractivity contribution in [3.8, 4) is 0 Å². The third kappa shape index (κ3) is 7.98. The van der Waals surface area contributed by atoms with Crippen LogP contribution in [0, 0.1) is 0 Å². The SMILES string of the molecule is C[C@@H]1CN(CCCc2cn[nH]c2)C[C@H](C)O1.O=C(O)C(F)(F)F. The van der Waals surface area contributed by atoms with Crippen LogP contribution in [-0.4, -0.2) is 64.2 Å². The monoisotopic (exact) mass is 337 g/mol. The number of H-pyrrole nitrogens is 1. The Morgan fingerprint density at radius 2 is 2.00 bits per heavy atom. The van der Waals surface area contributed by atoms with Gasteiger partial charge >= 0.3 is 12.1 Å². The number of carbonyl (C=O) groups is 1. The van der Waals surface area contributed by atoms with E-state index in [-0.39, 0.29) is 0 Å². The van der Waals surface area contributed by atoms with Gasteiger partial charge in [0.05, 0.1) is 18.4 Å². The molecule has 1 aliphatic heterocycles. The number of aromatic nitrogens is 2. The van der Waals surface area contributed by atoms with E-state index in [9.17, 15) is 13.2 Å². The molecule has 1 aromatic heterocycles. The van der Waals surface area contributed by atoms with E-state index in [0.717, 1.165) is 26.1 Å². The molecule has 0 aromatic carbocycles. The number of alkyl halides is 3. The van der Waals surface area contributed by atoms with E-state index in [0.29, 0.717) is 12.2 Å². The highest BCUT2D eigenvalue weighted by atomic mass is 19.4. The molecular weight excluding hydrogens is 315 g/mol. The molecule has 2 N–H and O–H groups in total. The van der Waals surface area contributed by atoms with Crippen LogP contribution in [0.25, 0.3) is 0 Å². The summed E-state index contributed by atoms with van der Waals surface area (Å²) in [5, 5.41) is 13.9. The Bertz CT molecular complexity index is 456. The topological polar surface area (TPSA) is 78.5 Å². The van der Waals surface area contributed by atoms with Crippen molar-refractivity contribution in [3.63, 3.8) is 0 Å². The van der Waals surface area contributed by atoms with Crippen LogP contribution in [0.3, 0.4) is 0 Å². The molecule has 9 heteroatoms. The maximum Gasteiger partial charge on any atom is 0.490 e. The third-order valence-electron chi connectivity index (χ3n) is 3.23. The second-order valence-electron chi connectivity index (χ2n) is 5.53. The fourth-order valence-corrected chi connectivity index (χ4v) is 2.39. The number of hydrogen-bond donors (Lipinski definition) is 2. The number of aromatic amines is 1. The van der Waals surface area contributed by atoms with Crippen LogP contribution in [0.15, 0.2) is 12.4 Å². The van der Waals surface area contributed by atoms with Crippen molar-refractivity contribution in [1.29, 1.82) is 0 Å². The summed E-state index contributed by atoms with van der Waals surface area (Å²) in [6.07, 6.45) is 1.85. The third-order valence-corrected chi connectivity index (χ3v) is 3.23. The predicted molar refractivity (Wildman–Crippen MR) is 77.0 cm³/mol. The molecule has 0 spiro atoms. The Balaban J connectivity index is 0.000000322. The molecular formula is C14H22F3N3O3. The molecule has 2 rings (SSSR count). The molecule has 2 atom stereocenters. The van der Waals surface area contributed by atoms with Gasteiger partial charge < -0.3 is 9.84 Å². The fraction of sp³-hybridized carbons (Fsp3) is 0.714. The molecule has 6 nitrogen and oxygen atoms in total. The second-order valence-corrected chi connectivity index (χ2v) is 5.53.